The van der Waals surface area contributed by atoms with Gasteiger partial charge in [0.15, 0.2) is 0 Å². The van der Waals surface area contributed by atoms with E-state index in [9.17, 15) is 0 Å². The highest BCUT2D eigenvalue weighted by Gasteiger charge is 2.24. The Balaban J connectivity index is 2.04. The van der Waals surface area contributed by atoms with Gasteiger partial charge in [-0.1, -0.05) is 11.6 Å². The van der Waals surface area contributed by atoms with Crippen molar-refractivity contribution in [2.45, 2.75) is 6.04 Å². The van der Waals surface area contributed by atoms with Gasteiger partial charge >= 0.3 is 0 Å². The molecule has 2 aromatic heterocycles. The summed E-state index contributed by atoms with van der Waals surface area (Å²) in [4.78, 5) is 12.4. The Labute approximate surface area is 113 Å². The van der Waals surface area contributed by atoms with Crippen LogP contribution in [0.1, 0.15) is 11.9 Å². The molecule has 0 bridgehead atoms. The molecule has 90 valence electrons. The molecule has 1 fully saturated rings. The third kappa shape index (κ3) is 2.17. The van der Waals surface area contributed by atoms with Gasteiger partial charge in [0.05, 0.1) is 6.04 Å². The average Bonchev–Trinajstić information content (AvgIpc) is 2.78. The fourth-order valence-corrected chi connectivity index (χ4v) is 4.22. The molecule has 0 amide bonds. The number of nitrogens with zero attached hydrogens (tertiary/aromatic N) is 3. The van der Waals surface area contributed by atoms with Crippen LogP contribution in [0.15, 0.2) is 11.4 Å². The van der Waals surface area contributed by atoms with Crippen molar-refractivity contribution in [3.8, 4) is 0 Å². The van der Waals surface area contributed by atoms with Crippen molar-refractivity contribution < 1.29 is 0 Å². The molecule has 2 aromatic rings. The van der Waals surface area contributed by atoms with Crippen LogP contribution in [-0.4, -0.2) is 40.0 Å². The van der Waals surface area contributed by atoms with Crippen LogP contribution in [0, 0.1) is 0 Å². The molecule has 1 aliphatic rings. The van der Waals surface area contributed by atoms with E-state index in [0.29, 0.717) is 5.15 Å². The Kier molecular flexibility index (Phi) is 3.25. The number of hydrogen-bond acceptors (Lipinski definition) is 5. The summed E-state index contributed by atoms with van der Waals surface area (Å²) in [7, 11) is 2.13. The van der Waals surface area contributed by atoms with Gasteiger partial charge in [-0.2, -0.15) is 11.8 Å². The van der Waals surface area contributed by atoms with Crippen molar-refractivity contribution in [2.24, 2.45) is 0 Å². The summed E-state index contributed by atoms with van der Waals surface area (Å²) in [5, 5.41) is 3.55. The third-order valence-electron chi connectivity index (χ3n) is 2.99. The van der Waals surface area contributed by atoms with Crippen LogP contribution in [0.5, 0.6) is 0 Å². The van der Waals surface area contributed by atoms with E-state index in [1.807, 2.05) is 23.2 Å². The second-order valence-electron chi connectivity index (χ2n) is 4.08. The van der Waals surface area contributed by atoms with Crippen molar-refractivity contribution in [2.75, 3.05) is 25.1 Å². The smallest absolute Gasteiger partial charge is 0.149 e. The molecule has 6 heteroatoms. The molecule has 1 unspecified atom stereocenters. The lowest BCUT2D eigenvalue weighted by Gasteiger charge is -2.30. The monoisotopic (exact) mass is 285 g/mol. The van der Waals surface area contributed by atoms with Gasteiger partial charge in [-0.25, -0.2) is 9.97 Å². The van der Waals surface area contributed by atoms with Crippen molar-refractivity contribution in [1.82, 2.24) is 14.9 Å². The molecule has 3 rings (SSSR count). The third-order valence-corrected chi connectivity index (χ3v) is 5.11. The zero-order valence-electron chi connectivity index (χ0n) is 9.39. The summed E-state index contributed by atoms with van der Waals surface area (Å²) >= 11 is 9.77. The van der Waals surface area contributed by atoms with E-state index in [0.717, 1.165) is 28.3 Å². The number of fused-ring (bicyclic) bond motifs is 1. The summed E-state index contributed by atoms with van der Waals surface area (Å²) in [5.41, 5.74) is 0. The van der Waals surface area contributed by atoms with Crippen LogP contribution < -0.4 is 0 Å². The maximum atomic E-state index is 6.20. The highest BCUT2D eigenvalue weighted by Crippen LogP contribution is 2.30. The molecule has 0 saturated carbocycles. The highest BCUT2D eigenvalue weighted by molar-refractivity contribution is 7.99. The Bertz CT molecular complexity index is 542. The van der Waals surface area contributed by atoms with Crippen LogP contribution in [0.25, 0.3) is 10.2 Å². The standard InChI is InChI=1S/C11H12ClN3S2/c1-15-3-5-16-6-8(15)10-13-9(12)7-2-4-17-11(7)14-10/h2,4,8H,3,5-6H2,1H3. The SMILES string of the molecule is CN1CCSCC1c1nc(Cl)c2ccsc2n1. The molecule has 3 heterocycles. The molecule has 0 spiro atoms. The van der Waals surface area contributed by atoms with Gasteiger partial charge in [-0.15, -0.1) is 11.3 Å². The summed E-state index contributed by atoms with van der Waals surface area (Å²) < 4.78 is 0. The normalized spacial score (nSPS) is 22.1. The first-order chi connectivity index (χ1) is 8.25. The van der Waals surface area contributed by atoms with Crippen molar-refractivity contribution in [1.29, 1.82) is 0 Å². The zero-order valence-corrected chi connectivity index (χ0v) is 11.8. The molecule has 0 aliphatic carbocycles. The van der Waals surface area contributed by atoms with E-state index < -0.39 is 0 Å². The van der Waals surface area contributed by atoms with Gasteiger partial charge in [0.2, 0.25) is 0 Å². The largest absolute Gasteiger partial charge is 0.295 e. The average molecular weight is 286 g/mol. The first-order valence-corrected chi connectivity index (χ1v) is 7.85. The molecule has 0 aromatic carbocycles. The molecular formula is C11H12ClN3S2. The summed E-state index contributed by atoms with van der Waals surface area (Å²) in [5.74, 6) is 3.09. The number of thiophene rings is 1. The van der Waals surface area contributed by atoms with Crippen LogP contribution in [0.4, 0.5) is 0 Å². The molecule has 0 N–H and O–H groups in total. The van der Waals surface area contributed by atoms with Gasteiger partial charge in [0.1, 0.15) is 15.8 Å². The predicted octanol–water partition coefficient (Wildman–Crippen LogP) is 3.06. The van der Waals surface area contributed by atoms with Crippen molar-refractivity contribution >= 4 is 44.9 Å². The molecular weight excluding hydrogens is 274 g/mol. The fraction of sp³-hybridized carbons (Fsp3) is 0.455. The Morgan fingerprint density at radius 1 is 1.47 bits per heavy atom. The summed E-state index contributed by atoms with van der Waals surface area (Å²) in [6, 6.07) is 2.27. The quantitative estimate of drug-likeness (QED) is 0.753. The topological polar surface area (TPSA) is 29.0 Å². The summed E-state index contributed by atoms with van der Waals surface area (Å²) in [6.45, 7) is 1.08. The molecule has 1 saturated heterocycles. The Morgan fingerprint density at radius 3 is 3.18 bits per heavy atom. The Hall–Kier alpha value is -0.360. The van der Waals surface area contributed by atoms with Gasteiger partial charge in [-0.3, -0.25) is 4.90 Å². The lowest BCUT2D eigenvalue weighted by atomic mass is 10.2. The number of halogens is 1. The van der Waals surface area contributed by atoms with Crippen LogP contribution in [-0.2, 0) is 0 Å². The predicted molar refractivity (Wildman–Crippen MR) is 75.1 cm³/mol. The molecule has 3 nitrogen and oxygen atoms in total. The number of thioether (sulfide) groups is 1. The Morgan fingerprint density at radius 2 is 2.35 bits per heavy atom. The lowest BCUT2D eigenvalue weighted by molar-refractivity contribution is 0.265. The molecule has 17 heavy (non-hydrogen) atoms. The van der Waals surface area contributed by atoms with Crippen molar-refractivity contribution in [3.05, 3.63) is 22.4 Å². The second kappa shape index (κ2) is 4.72. The van der Waals surface area contributed by atoms with E-state index in [1.165, 1.54) is 5.75 Å². The van der Waals surface area contributed by atoms with E-state index in [-0.39, 0.29) is 6.04 Å². The number of rotatable bonds is 1. The van der Waals surface area contributed by atoms with Gasteiger partial charge in [0.25, 0.3) is 0 Å². The maximum Gasteiger partial charge on any atom is 0.149 e. The fourth-order valence-electron chi connectivity index (χ4n) is 1.94. The van der Waals surface area contributed by atoms with Gasteiger partial charge in [0, 0.05) is 23.4 Å². The van der Waals surface area contributed by atoms with E-state index in [2.05, 4.69) is 21.9 Å². The first-order valence-electron chi connectivity index (χ1n) is 5.44. The van der Waals surface area contributed by atoms with E-state index in [1.54, 1.807) is 11.3 Å². The molecule has 1 aliphatic heterocycles. The lowest BCUT2D eigenvalue weighted by Crippen LogP contribution is -2.33. The van der Waals surface area contributed by atoms with Crippen LogP contribution in [0.2, 0.25) is 5.15 Å². The first kappa shape index (κ1) is 11.7. The minimum Gasteiger partial charge on any atom is -0.295 e. The highest BCUT2D eigenvalue weighted by atomic mass is 35.5. The number of hydrogen-bond donors (Lipinski definition) is 0. The van der Waals surface area contributed by atoms with Gasteiger partial charge < -0.3 is 0 Å². The summed E-state index contributed by atoms with van der Waals surface area (Å²) in [6.07, 6.45) is 0. The number of aromatic nitrogens is 2. The molecule has 0 radical (unpaired) electrons. The van der Waals surface area contributed by atoms with E-state index >= 15 is 0 Å². The maximum absolute atomic E-state index is 6.20. The zero-order chi connectivity index (χ0) is 11.8. The van der Waals surface area contributed by atoms with Gasteiger partial charge in [-0.05, 0) is 18.5 Å². The van der Waals surface area contributed by atoms with Crippen LogP contribution >= 0.6 is 34.7 Å². The minimum atomic E-state index is 0.290. The van der Waals surface area contributed by atoms with E-state index in [4.69, 9.17) is 11.6 Å². The molecule has 1 atom stereocenters. The van der Waals surface area contributed by atoms with Crippen molar-refractivity contribution in [3.63, 3.8) is 0 Å². The minimum absolute atomic E-state index is 0.290. The second-order valence-corrected chi connectivity index (χ2v) is 6.49. The van der Waals surface area contributed by atoms with Crippen LogP contribution in [0.3, 0.4) is 0 Å².